The maximum atomic E-state index is 3.20. The predicted octanol–water partition coefficient (Wildman–Crippen LogP) is 5.49. The first-order chi connectivity index (χ1) is 19.8. The molecule has 0 unspecified atom stereocenters. The van der Waals surface area contributed by atoms with Gasteiger partial charge in [0.2, 0.25) is 0 Å². The zero-order chi connectivity index (χ0) is 27.4. The minimum atomic E-state index is -0.783. The van der Waals surface area contributed by atoms with Crippen molar-refractivity contribution in [2.24, 2.45) is 0 Å². The molecule has 41 heavy (non-hydrogen) atoms. The van der Waals surface area contributed by atoms with Crippen molar-refractivity contribution in [2.45, 2.75) is 0 Å². The molecule has 0 amide bonds. The maximum Gasteiger partial charge on any atom is 0.350 e. The molecule has 0 bridgehead atoms. The average Bonchev–Trinajstić information content (AvgIpc) is 3.48. The van der Waals surface area contributed by atoms with Crippen molar-refractivity contribution in [3.8, 4) is 0 Å². The van der Waals surface area contributed by atoms with Crippen LogP contribution in [0.2, 0.25) is 0 Å². The van der Waals surface area contributed by atoms with Crippen molar-refractivity contribution in [3.63, 3.8) is 0 Å². The Labute approximate surface area is 263 Å². The molecule has 0 saturated carbocycles. The molecule has 209 valence electrons. The Morgan fingerprint density at radius 3 is 1.27 bits per heavy atom. The molecule has 0 atom stereocenters. The van der Waals surface area contributed by atoms with Gasteiger partial charge >= 0.3 is 7.55 Å². The van der Waals surface area contributed by atoms with Gasteiger partial charge in [-0.3, -0.25) is 0 Å². The standard InChI is InChI=1S/C26H24P2.C9H11BN2.Pt/c1-5-13-23(14-6-1)27(24-15-7-2-8-16-24)21-22-28(25-17-9-3-10-18-25)26-19-11-4-12-20-26;1-11-7-8-12(10-11)9-5-3-2-4-6-9;/h1-20H,21-22H2;2-5H,7-8H2,1H3;/q;-1;/p+2. The van der Waals surface area contributed by atoms with Crippen LogP contribution in [-0.4, -0.2) is 44.8 Å². The maximum absolute atomic E-state index is 3.20. The number of likely N-dealkylation sites (N-methyl/N-ethyl adjacent to an activating group) is 1. The fraction of sp³-hybridized carbons (Fsp3) is 0.143. The smallest absolute Gasteiger partial charge is 0.350 e. The van der Waals surface area contributed by atoms with Gasteiger partial charge < -0.3 is 9.62 Å². The van der Waals surface area contributed by atoms with Crippen LogP contribution < -0.4 is 26.0 Å². The van der Waals surface area contributed by atoms with Gasteiger partial charge in [-0.25, -0.2) is 0 Å². The van der Waals surface area contributed by atoms with Gasteiger partial charge in [0.05, 0.1) is 37.1 Å². The number of nitrogens with zero attached hydrogens (tertiary/aromatic N) is 2. The molecule has 1 radical (unpaired) electrons. The van der Waals surface area contributed by atoms with Gasteiger partial charge in [0, 0.05) is 34.2 Å². The van der Waals surface area contributed by atoms with E-state index in [9.17, 15) is 0 Å². The normalized spacial score (nSPS) is 12.8. The van der Waals surface area contributed by atoms with Crippen LogP contribution in [0.3, 0.4) is 0 Å². The molecule has 6 heteroatoms. The number of benzene rings is 5. The van der Waals surface area contributed by atoms with Gasteiger partial charge in [0.15, 0.2) is 0 Å². The SMILES string of the molecule is CN1[B]N(c2[c-]cccc2)CC1.[Pt].c1ccc([PH+](CC[PH+](c2ccccc2)c2ccccc2)c2ccccc2)cc1. The molecule has 0 aromatic heterocycles. The second-order valence-corrected chi connectivity index (χ2v) is 15.2. The summed E-state index contributed by atoms with van der Waals surface area (Å²) in [5.41, 5.74) is 1.15. The summed E-state index contributed by atoms with van der Waals surface area (Å²) in [6, 6.07) is 55.8. The van der Waals surface area contributed by atoms with Crippen LogP contribution in [0.5, 0.6) is 0 Å². The van der Waals surface area contributed by atoms with Crippen LogP contribution >= 0.6 is 15.8 Å². The van der Waals surface area contributed by atoms with Crippen LogP contribution in [-0.2, 0) is 21.1 Å². The van der Waals surface area contributed by atoms with Crippen LogP contribution in [0, 0.1) is 6.07 Å². The Morgan fingerprint density at radius 2 is 0.951 bits per heavy atom. The van der Waals surface area contributed by atoms with E-state index >= 15 is 0 Å². The Hall–Kier alpha value is -2.53. The average molecular weight is 754 g/mol. The number of hydrogen-bond acceptors (Lipinski definition) is 2. The van der Waals surface area contributed by atoms with Gasteiger partial charge in [-0.2, -0.15) is 24.3 Å². The first kappa shape index (κ1) is 31.4. The first-order valence-corrected chi connectivity index (χ1v) is 17.4. The Kier molecular flexibility index (Phi) is 12.9. The molecule has 6 rings (SSSR count). The summed E-state index contributed by atoms with van der Waals surface area (Å²) < 4.78 is 0. The van der Waals surface area contributed by atoms with E-state index in [0.29, 0.717) is 0 Å². The van der Waals surface area contributed by atoms with E-state index in [-0.39, 0.29) is 21.1 Å². The van der Waals surface area contributed by atoms with E-state index in [1.165, 1.54) is 33.5 Å². The van der Waals surface area contributed by atoms with Crippen molar-refractivity contribution in [1.29, 1.82) is 0 Å². The minimum absolute atomic E-state index is 0. The van der Waals surface area contributed by atoms with Crippen LogP contribution in [0.15, 0.2) is 146 Å². The topological polar surface area (TPSA) is 6.48 Å². The summed E-state index contributed by atoms with van der Waals surface area (Å²) in [6.45, 7) is 2.17. The molecule has 0 spiro atoms. The van der Waals surface area contributed by atoms with Crippen molar-refractivity contribution >= 4 is 50.3 Å². The molecule has 1 aliphatic heterocycles. The fourth-order valence-electron chi connectivity index (χ4n) is 5.08. The fourth-order valence-corrected chi connectivity index (χ4v) is 11.3. The van der Waals surface area contributed by atoms with E-state index in [1.54, 1.807) is 0 Å². The summed E-state index contributed by atoms with van der Waals surface area (Å²) in [7, 11) is 2.64. The molecule has 0 aliphatic carbocycles. The van der Waals surface area contributed by atoms with Crippen LogP contribution in [0.1, 0.15) is 0 Å². The van der Waals surface area contributed by atoms with Crippen LogP contribution in [0.4, 0.5) is 5.69 Å². The van der Waals surface area contributed by atoms with E-state index in [1.807, 2.05) is 18.2 Å². The summed E-state index contributed by atoms with van der Waals surface area (Å²) in [6.07, 6.45) is 2.52. The van der Waals surface area contributed by atoms with Gasteiger partial charge in [-0.1, -0.05) is 78.5 Å². The zero-order valence-electron chi connectivity index (χ0n) is 23.5. The molecule has 2 nitrogen and oxygen atoms in total. The molecule has 1 aliphatic rings. The van der Waals surface area contributed by atoms with Crippen molar-refractivity contribution in [1.82, 2.24) is 4.81 Å². The number of rotatable bonds is 8. The largest absolute Gasteiger partial charge is 0.424 e. The molecule has 5 aromatic rings. The van der Waals surface area contributed by atoms with Gasteiger partial charge in [-0.05, 0) is 55.6 Å². The second-order valence-electron chi connectivity index (χ2n) is 9.96. The molecule has 5 aromatic carbocycles. The van der Waals surface area contributed by atoms with E-state index < -0.39 is 15.8 Å². The zero-order valence-corrected chi connectivity index (χ0v) is 27.7. The molecule has 0 N–H and O–H groups in total. The van der Waals surface area contributed by atoms with E-state index in [0.717, 1.165) is 18.8 Å². The monoisotopic (exact) mass is 753 g/mol. The molecule has 1 heterocycles. The van der Waals surface area contributed by atoms with E-state index in [4.69, 9.17) is 0 Å². The van der Waals surface area contributed by atoms with Crippen molar-refractivity contribution in [2.75, 3.05) is 37.3 Å². The quantitative estimate of drug-likeness (QED) is 0.118. The number of anilines is 1. The van der Waals surface area contributed by atoms with Gasteiger partial charge in [-0.15, -0.1) is 6.07 Å². The summed E-state index contributed by atoms with van der Waals surface area (Å²) >= 11 is 0. The third kappa shape index (κ3) is 9.23. The predicted molar refractivity (Wildman–Crippen MR) is 182 cm³/mol. The Bertz CT molecular complexity index is 1240. The van der Waals surface area contributed by atoms with Crippen LogP contribution in [0.25, 0.3) is 0 Å². The van der Waals surface area contributed by atoms with Gasteiger partial charge in [0.25, 0.3) is 0 Å². The van der Waals surface area contributed by atoms with Gasteiger partial charge in [0.1, 0.15) is 12.3 Å². The Balaban J connectivity index is 0.000000249. The number of hydrogen-bond donors (Lipinski definition) is 0. The first-order valence-electron chi connectivity index (χ1n) is 14.0. The third-order valence-corrected chi connectivity index (χ3v) is 13.3. The Morgan fingerprint density at radius 1 is 0.561 bits per heavy atom. The second kappa shape index (κ2) is 16.8. The summed E-state index contributed by atoms with van der Waals surface area (Å²) in [5.74, 6) is 0. The third-order valence-electron chi connectivity index (χ3n) is 7.15. The minimum Gasteiger partial charge on any atom is -0.424 e. The molecule has 1 saturated heterocycles. The molecule has 1 fully saturated rings. The van der Waals surface area contributed by atoms with E-state index in [2.05, 4.69) is 158 Å². The van der Waals surface area contributed by atoms with Crippen molar-refractivity contribution in [3.05, 3.63) is 152 Å². The molecular weight excluding hydrogens is 716 g/mol. The van der Waals surface area contributed by atoms with Crippen molar-refractivity contribution < 1.29 is 21.1 Å². The summed E-state index contributed by atoms with van der Waals surface area (Å²) in [4.78, 5) is 4.39. The molecular formula is C35H37BN2P2Pt+. The number of para-hydroxylation sites is 1. The summed E-state index contributed by atoms with van der Waals surface area (Å²) in [5, 5.41) is 6.06.